The molecule has 1 atom stereocenters. The smallest absolute Gasteiger partial charge is 0.0871 e. The van der Waals surface area contributed by atoms with E-state index in [0.29, 0.717) is 13.2 Å². The van der Waals surface area contributed by atoms with E-state index in [1.165, 1.54) is 0 Å². The van der Waals surface area contributed by atoms with Crippen molar-refractivity contribution in [1.29, 1.82) is 0 Å². The molecule has 0 aliphatic carbocycles. The van der Waals surface area contributed by atoms with Crippen LogP contribution in [0, 0.1) is 0 Å². The summed E-state index contributed by atoms with van der Waals surface area (Å²) in [5, 5.41) is 2.27. The molecule has 0 spiro atoms. The van der Waals surface area contributed by atoms with Gasteiger partial charge in [0.15, 0.2) is 0 Å². The summed E-state index contributed by atoms with van der Waals surface area (Å²) in [4.78, 5) is 4.41. The van der Waals surface area contributed by atoms with E-state index in [0.717, 1.165) is 16.5 Å². The first-order chi connectivity index (χ1) is 8.36. The van der Waals surface area contributed by atoms with Crippen molar-refractivity contribution < 1.29 is 4.74 Å². The minimum Gasteiger partial charge on any atom is -0.380 e. The summed E-state index contributed by atoms with van der Waals surface area (Å²) < 4.78 is 5.41. The normalized spacial score (nSPS) is 12.8. The van der Waals surface area contributed by atoms with Crippen LogP contribution in [0.1, 0.15) is 18.7 Å². The Morgan fingerprint density at radius 3 is 2.94 bits per heavy atom. The number of hydrogen-bond acceptors (Lipinski definition) is 4. The average molecular weight is 231 g/mol. The van der Waals surface area contributed by atoms with Crippen LogP contribution in [0.25, 0.3) is 10.8 Å². The maximum Gasteiger partial charge on any atom is 0.0871 e. The predicted octanol–water partition coefficient (Wildman–Crippen LogP) is 1.78. The van der Waals surface area contributed by atoms with Crippen LogP contribution in [0.4, 0.5) is 0 Å². The van der Waals surface area contributed by atoms with Crippen molar-refractivity contribution in [2.75, 3.05) is 13.2 Å². The summed E-state index contributed by atoms with van der Waals surface area (Å²) in [5.41, 5.74) is 3.69. The van der Waals surface area contributed by atoms with E-state index in [1.54, 1.807) is 6.20 Å². The van der Waals surface area contributed by atoms with Crippen LogP contribution in [0.5, 0.6) is 0 Å². The molecule has 4 nitrogen and oxygen atoms in total. The minimum absolute atomic E-state index is 0.0824. The molecule has 0 saturated carbocycles. The summed E-state index contributed by atoms with van der Waals surface area (Å²) in [5.74, 6) is 5.57. The second-order valence-electron chi connectivity index (χ2n) is 3.80. The molecule has 0 amide bonds. The lowest BCUT2D eigenvalue weighted by molar-refractivity contribution is 0.122. The van der Waals surface area contributed by atoms with Gasteiger partial charge in [0.25, 0.3) is 0 Å². The highest BCUT2D eigenvalue weighted by Gasteiger charge is 2.13. The van der Waals surface area contributed by atoms with Gasteiger partial charge in [-0.3, -0.25) is 10.8 Å². The average Bonchev–Trinajstić information content (AvgIpc) is 2.40. The minimum atomic E-state index is -0.0824. The molecule has 1 heterocycles. The first-order valence-corrected chi connectivity index (χ1v) is 5.74. The molecule has 2 aromatic rings. The lowest BCUT2D eigenvalue weighted by Gasteiger charge is -2.16. The predicted molar refractivity (Wildman–Crippen MR) is 68.3 cm³/mol. The Morgan fingerprint density at radius 2 is 2.18 bits per heavy atom. The molecule has 0 saturated heterocycles. The first-order valence-electron chi connectivity index (χ1n) is 5.74. The van der Waals surface area contributed by atoms with Crippen molar-refractivity contribution in [3.05, 3.63) is 42.2 Å². The number of hydrazine groups is 1. The van der Waals surface area contributed by atoms with Gasteiger partial charge in [-0.2, -0.15) is 0 Å². The van der Waals surface area contributed by atoms with Gasteiger partial charge in [0.05, 0.1) is 18.3 Å². The molecular weight excluding hydrogens is 214 g/mol. The van der Waals surface area contributed by atoms with Gasteiger partial charge < -0.3 is 4.74 Å². The Kier molecular flexibility index (Phi) is 4.03. The van der Waals surface area contributed by atoms with Gasteiger partial charge in [0.2, 0.25) is 0 Å². The molecule has 0 radical (unpaired) electrons. The lowest BCUT2D eigenvalue weighted by atomic mass is 10.1. The van der Waals surface area contributed by atoms with Crippen LogP contribution in [-0.4, -0.2) is 18.2 Å². The van der Waals surface area contributed by atoms with Crippen LogP contribution >= 0.6 is 0 Å². The zero-order chi connectivity index (χ0) is 12.1. The second-order valence-corrected chi connectivity index (χ2v) is 3.80. The number of benzene rings is 1. The van der Waals surface area contributed by atoms with Crippen molar-refractivity contribution in [2.24, 2.45) is 5.84 Å². The van der Waals surface area contributed by atoms with Gasteiger partial charge in [0.1, 0.15) is 0 Å². The molecular formula is C13H17N3O. The monoisotopic (exact) mass is 231 g/mol. The van der Waals surface area contributed by atoms with E-state index in [2.05, 4.69) is 16.5 Å². The van der Waals surface area contributed by atoms with Crippen LogP contribution in [0.15, 0.2) is 36.5 Å². The maximum atomic E-state index is 5.57. The summed E-state index contributed by atoms with van der Waals surface area (Å²) in [6, 6.07) is 10.0. The molecule has 1 aromatic carbocycles. The number of aromatic nitrogens is 1. The van der Waals surface area contributed by atoms with Crippen LogP contribution < -0.4 is 11.3 Å². The van der Waals surface area contributed by atoms with Crippen molar-refractivity contribution >= 4 is 10.8 Å². The second kappa shape index (κ2) is 5.72. The SMILES string of the molecule is CCOCC(NN)c1nccc2ccccc12. The quantitative estimate of drug-likeness (QED) is 0.608. The zero-order valence-corrected chi connectivity index (χ0v) is 9.89. The number of fused-ring (bicyclic) bond motifs is 1. The highest BCUT2D eigenvalue weighted by molar-refractivity contribution is 5.84. The summed E-state index contributed by atoms with van der Waals surface area (Å²) in [6.07, 6.45) is 1.80. The Hall–Kier alpha value is -1.49. The number of pyridine rings is 1. The van der Waals surface area contributed by atoms with E-state index < -0.39 is 0 Å². The van der Waals surface area contributed by atoms with E-state index in [-0.39, 0.29) is 6.04 Å². The largest absolute Gasteiger partial charge is 0.380 e. The summed E-state index contributed by atoms with van der Waals surface area (Å²) in [6.45, 7) is 3.15. The molecule has 0 fully saturated rings. The van der Waals surface area contributed by atoms with Crippen LogP contribution in [0.2, 0.25) is 0 Å². The van der Waals surface area contributed by atoms with Gasteiger partial charge in [-0.15, -0.1) is 0 Å². The van der Waals surface area contributed by atoms with E-state index in [9.17, 15) is 0 Å². The molecule has 17 heavy (non-hydrogen) atoms. The number of rotatable bonds is 5. The number of nitrogens with one attached hydrogen (secondary N) is 1. The molecule has 1 unspecified atom stereocenters. The molecule has 0 aliphatic heterocycles. The lowest BCUT2D eigenvalue weighted by Crippen LogP contribution is -2.32. The first kappa shape index (κ1) is 12.0. The van der Waals surface area contributed by atoms with Crippen LogP contribution in [0.3, 0.4) is 0 Å². The van der Waals surface area contributed by atoms with Gasteiger partial charge in [-0.05, 0) is 18.4 Å². The molecule has 3 N–H and O–H groups in total. The molecule has 90 valence electrons. The third kappa shape index (κ3) is 2.61. The van der Waals surface area contributed by atoms with Crippen LogP contribution in [-0.2, 0) is 4.74 Å². The van der Waals surface area contributed by atoms with Crippen molar-refractivity contribution in [3.63, 3.8) is 0 Å². The van der Waals surface area contributed by atoms with Crippen molar-refractivity contribution in [2.45, 2.75) is 13.0 Å². The Labute approximate surface area is 101 Å². The van der Waals surface area contributed by atoms with Gasteiger partial charge in [-0.25, -0.2) is 5.43 Å². The van der Waals surface area contributed by atoms with Gasteiger partial charge in [0, 0.05) is 18.2 Å². The number of nitrogens with two attached hydrogens (primary N) is 1. The van der Waals surface area contributed by atoms with Crippen molar-refractivity contribution in [1.82, 2.24) is 10.4 Å². The third-order valence-corrected chi connectivity index (χ3v) is 2.72. The number of ether oxygens (including phenoxy) is 1. The summed E-state index contributed by atoms with van der Waals surface area (Å²) >= 11 is 0. The Balaban J connectivity index is 2.38. The molecule has 0 aliphatic rings. The molecule has 0 bridgehead atoms. The fourth-order valence-corrected chi connectivity index (χ4v) is 1.86. The number of nitrogens with zero attached hydrogens (tertiary/aromatic N) is 1. The standard InChI is InChI=1S/C13H17N3O/c1-2-17-9-12(16-14)13-11-6-4-3-5-10(11)7-8-15-13/h3-8,12,16H,2,9,14H2,1H3. The fraction of sp³-hybridized carbons (Fsp3) is 0.308. The van der Waals surface area contributed by atoms with E-state index in [4.69, 9.17) is 10.6 Å². The zero-order valence-electron chi connectivity index (χ0n) is 9.89. The van der Waals surface area contributed by atoms with Gasteiger partial charge in [-0.1, -0.05) is 24.3 Å². The molecule has 2 rings (SSSR count). The van der Waals surface area contributed by atoms with E-state index >= 15 is 0 Å². The third-order valence-electron chi connectivity index (χ3n) is 2.72. The fourth-order valence-electron chi connectivity index (χ4n) is 1.86. The Bertz CT molecular complexity index is 482. The molecule has 4 heteroatoms. The van der Waals surface area contributed by atoms with Crippen molar-refractivity contribution in [3.8, 4) is 0 Å². The number of hydrogen-bond donors (Lipinski definition) is 2. The maximum absolute atomic E-state index is 5.57. The Morgan fingerprint density at radius 1 is 1.35 bits per heavy atom. The summed E-state index contributed by atoms with van der Waals surface area (Å²) in [7, 11) is 0. The molecule has 1 aromatic heterocycles. The topological polar surface area (TPSA) is 60.2 Å². The highest BCUT2D eigenvalue weighted by Crippen LogP contribution is 2.21. The highest BCUT2D eigenvalue weighted by atomic mass is 16.5. The van der Waals surface area contributed by atoms with Gasteiger partial charge >= 0.3 is 0 Å². The van der Waals surface area contributed by atoms with E-state index in [1.807, 2.05) is 31.2 Å².